The van der Waals surface area contributed by atoms with Crippen molar-refractivity contribution in [3.05, 3.63) is 22.3 Å². The molecule has 1 rings (SSSR count). The lowest BCUT2D eigenvalue weighted by Crippen LogP contribution is -1.91. The molecule has 1 aromatic rings. The summed E-state index contributed by atoms with van der Waals surface area (Å²) in [6.45, 7) is 0. The molecule has 10 heavy (non-hydrogen) atoms. The van der Waals surface area contributed by atoms with Crippen LogP contribution in [-0.4, -0.2) is 4.98 Å². The summed E-state index contributed by atoms with van der Waals surface area (Å²) in [6.07, 6.45) is 1.74. The molecule has 0 aliphatic carbocycles. The molecule has 1 aromatic heterocycles. The van der Waals surface area contributed by atoms with Gasteiger partial charge in [-0.05, 0) is 11.6 Å². The van der Waals surface area contributed by atoms with Crippen molar-refractivity contribution in [2.45, 2.75) is 5.33 Å². The van der Waals surface area contributed by atoms with Crippen LogP contribution in [0.4, 0.5) is 5.82 Å². The quantitative estimate of drug-likeness (QED) is 0.792. The third kappa shape index (κ3) is 1.70. The zero-order valence-electron chi connectivity index (χ0n) is 5.14. The molecular weight excluding hydrogens is 260 g/mol. The standard InChI is InChI=1S/C6H6Br2N2/c7-2-4-3-10-6(9)1-5(4)8/h1,3H,2H2,(H2,9,10). The lowest BCUT2D eigenvalue weighted by Gasteiger charge is -1.98. The van der Waals surface area contributed by atoms with Gasteiger partial charge in [0.05, 0.1) is 0 Å². The second kappa shape index (κ2) is 3.34. The van der Waals surface area contributed by atoms with E-state index in [1.165, 1.54) is 0 Å². The van der Waals surface area contributed by atoms with Gasteiger partial charge in [-0.2, -0.15) is 0 Å². The van der Waals surface area contributed by atoms with Crippen molar-refractivity contribution < 1.29 is 0 Å². The maximum absolute atomic E-state index is 5.43. The summed E-state index contributed by atoms with van der Waals surface area (Å²) in [5.74, 6) is 0.538. The maximum atomic E-state index is 5.43. The largest absolute Gasteiger partial charge is 0.384 e. The molecule has 0 aromatic carbocycles. The molecule has 0 saturated carbocycles. The van der Waals surface area contributed by atoms with E-state index in [-0.39, 0.29) is 0 Å². The number of aromatic nitrogens is 1. The number of halogens is 2. The van der Waals surface area contributed by atoms with Gasteiger partial charge in [-0.15, -0.1) is 0 Å². The first-order valence-electron chi connectivity index (χ1n) is 2.70. The number of hydrogen-bond donors (Lipinski definition) is 1. The predicted molar refractivity (Wildman–Crippen MR) is 49.0 cm³/mol. The maximum Gasteiger partial charge on any atom is 0.124 e. The van der Waals surface area contributed by atoms with Crippen LogP contribution >= 0.6 is 31.9 Å². The van der Waals surface area contributed by atoms with Crippen molar-refractivity contribution in [2.24, 2.45) is 0 Å². The van der Waals surface area contributed by atoms with E-state index in [1.54, 1.807) is 12.3 Å². The molecule has 0 aliphatic rings. The van der Waals surface area contributed by atoms with E-state index in [2.05, 4.69) is 36.8 Å². The smallest absolute Gasteiger partial charge is 0.124 e. The average Bonchev–Trinajstić information content (AvgIpc) is 1.88. The predicted octanol–water partition coefficient (Wildman–Crippen LogP) is 2.32. The van der Waals surface area contributed by atoms with Gasteiger partial charge in [-0.25, -0.2) is 4.98 Å². The van der Waals surface area contributed by atoms with Gasteiger partial charge in [-0.3, -0.25) is 0 Å². The monoisotopic (exact) mass is 264 g/mol. The van der Waals surface area contributed by atoms with Gasteiger partial charge in [-0.1, -0.05) is 31.9 Å². The fourth-order valence-electron chi connectivity index (χ4n) is 0.572. The Balaban J connectivity index is 3.07. The third-order valence-electron chi connectivity index (χ3n) is 1.09. The van der Waals surface area contributed by atoms with E-state index >= 15 is 0 Å². The fraction of sp³-hybridized carbons (Fsp3) is 0.167. The number of anilines is 1. The number of nitrogens with zero attached hydrogens (tertiary/aromatic N) is 1. The van der Waals surface area contributed by atoms with Gasteiger partial charge in [0.1, 0.15) is 5.82 Å². The summed E-state index contributed by atoms with van der Waals surface area (Å²) >= 11 is 6.68. The lowest BCUT2D eigenvalue weighted by atomic mass is 10.3. The number of pyridine rings is 1. The number of alkyl halides is 1. The molecular formula is C6H6Br2N2. The molecule has 0 saturated heterocycles. The zero-order chi connectivity index (χ0) is 7.56. The summed E-state index contributed by atoms with van der Waals surface area (Å²) in [4.78, 5) is 3.93. The van der Waals surface area contributed by atoms with Crippen molar-refractivity contribution >= 4 is 37.7 Å². The Labute approximate surface area is 76.1 Å². The molecule has 0 amide bonds. The minimum atomic E-state index is 0.538. The minimum Gasteiger partial charge on any atom is -0.384 e. The highest BCUT2D eigenvalue weighted by Crippen LogP contribution is 2.19. The van der Waals surface area contributed by atoms with Gasteiger partial charge in [0.15, 0.2) is 0 Å². The number of rotatable bonds is 1. The number of nitrogen functional groups attached to an aromatic ring is 1. The van der Waals surface area contributed by atoms with Crippen molar-refractivity contribution in [3.63, 3.8) is 0 Å². The molecule has 0 spiro atoms. The SMILES string of the molecule is Nc1cc(Br)c(CBr)cn1. The van der Waals surface area contributed by atoms with E-state index in [1.807, 2.05) is 0 Å². The molecule has 4 heteroatoms. The molecule has 0 bridgehead atoms. The van der Waals surface area contributed by atoms with Gasteiger partial charge < -0.3 is 5.73 Å². The Kier molecular flexibility index (Phi) is 2.68. The Hall–Kier alpha value is -0.0900. The molecule has 2 N–H and O–H groups in total. The van der Waals surface area contributed by atoms with Crippen LogP contribution in [0.25, 0.3) is 0 Å². The summed E-state index contributed by atoms with van der Waals surface area (Å²) in [5.41, 5.74) is 6.53. The Morgan fingerprint density at radius 3 is 2.80 bits per heavy atom. The van der Waals surface area contributed by atoms with E-state index in [0.717, 1.165) is 15.4 Å². The zero-order valence-corrected chi connectivity index (χ0v) is 8.31. The summed E-state index contributed by atoms with van der Waals surface area (Å²) in [6, 6.07) is 1.79. The van der Waals surface area contributed by atoms with Crippen molar-refractivity contribution in [1.29, 1.82) is 0 Å². The van der Waals surface area contributed by atoms with Gasteiger partial charge in [0.2, 0.25) is 0 Å². The van der Waals surface area contributed by atoms with Gasteiger partial charge in [0, 0.05) is 16.0 Å². The molecule has 0 atom stereocenters. The first-order chi connectivity index (χ1) is 4.74. The Bertz CT molecular complexity index is 237. The second-order valence-electron chi connectivity index (χ2n) is 1.83. The normalized spacial score (nSPS) is 9.80. The van der Waals surface area contributed by atoms with Crippen LogP contribution in [0.3, 0.4) is 0 Å². The summed E-state index contributed by atoms with van der Waals surface area (Å²) < 4.78 is 0.997. The van der Waals surface area contributed by atoms with Crippen LogP contribution < -0.4 is 5.73 Å². The van der Waals surface area contributed by atoms with Crippen LogP contribution in [0.5, 0.6) is 0 Å². The number of hydrogen-bond acceptors (Lipinski definition) is 2. The van der Waals surface area contributed by atoms with Crippen molar-refractivity contribution in [2.75, 3.05) is 5.73 Å². The third-order valence-corrected chi connectivity index (χ3v) is 2.44. The van der Waals surface area contributed by atoms with Gasteiger partial charge >= 0.3 is 0 Å². The van der Waals surface area contributed by atoms with Crippen LogP contribution in [-0.2, 0) is 5.33 Å². The van der Waals surface area contributed by atoms with Crippen LogP contribution in [0, 0.1) is 0 Å². The molecule has 0 radical (unpaired) electrons. The molecule has 1 heterocycles. The fourth-order valence-corrected chi connectivity index (χ4v) is 1.87. The molecule has 0 unspecified atom stereocenters. The Morgan fingerprint density at radius 2 is 2.30 bits per heavy atom. The van der Waals surface area contributed by atoms with Crippen LogP contribution in [0.2, 0.25) is 0 Å². The highest BCUT2D eigenvalue weighted by Gasteiger charge is 1.97. The van der Waals surface area contributed by atoms with E-state index < -0.39 is 0 Å². The first-order valence-corrected chi connectivity index (χ1v) is 4.61. The first kappa shape index (κ1) is 8.01. The van der Waals surface area contributed by atoms with Crippen molar-refractivity contribution in [3.8, 4) is 0 Å². The minimum absolute atomic E-state index is 0.538. The highest BCUT2D eigenvalue weighted by atomic mass is 79.9. The molecule has 0 aliphatic heterocycles. The van der Waals surface area contributed by atoms with Crippen LogP contribution in [0.15, 0.2) is 16.7 Å². The van der Waals surface area contributed by atoms with Crippen LogP contribution in [0.1, 0.15) is 5.56 Å². The summed E-state index contributed by atoms with van der Waals surface area (Å²) in [5, 5.41) is 0.793. The molecule has 54 valence electrons. The van der Waals surface area contributed by atoms with Crippen molar-refractivity contribution in [1.82, 2.24) is 4.98 Å². The van der Waals surface area contributed by atoms with Gasteiger partial charge in [0.25, 0.3) is 0 Å². The van der Waals surface area contributed by atoms with E-state index in [4.69, 9.17) is 5.73 Å². The molecule has 0 fully saturated rings. The Morgan fingerprint density at radius 1 is 1.60 bits per heavy atom. The lowest BCUT2D eigenvalue weighted by molar-refractivity contribution is 1.25. The van der Waals surface area contributed by atoms with E-state index in [9.17, 15) is 0 Å². The second-order valence-corrected chi connectivity index (χ2v) is 3.25. The molecule has 2 nitrogen and oxygen atoms in total. The number of nitrogens with two attached hydrogens (primary N) is 1. The summed E-state index contributed by atoms with van der Waals surface area (Å²) in [7, 11) is 0. The topological polar surface area (TPSA) is 38.9 Å². The average molecular weight is 266 g/mol. The van der Waals surface area contributed by atoms with E-state index in [0.29, 0.717) is 5.82 Å². The highest BCUT2D eigenvalue weighted by molar-refractivity contribution is 9.10.